The van der Waals surface area contributed by atoms with E-state index in [9.17, 15) is 13.2 Å². The summed E-state index contributed by atoms with van der Waals surface area (Å²) in [5.41, 5.74) is 5.84. The van der Waals surface area contributed by atoms with E-state index < -0.39 is 12.7 Å². The summed E-state index contributed by atoms with van der Waals surface area (Å²) in [5, 5.41) is 3.59. The Morgan fingerprint density at radius 1 is 1.50 bits per heavy atom. The van der Waals surface area contributed by atoms with E-state index in [-0.39, 0.29) is 11.7 Å². The maximum atomic E-state index is 12.1. The van der Waals surface area contributed by atoms with Crippen molar-refractivity contribution in [1.82, 2.24) is 9.78 Å². The second-order valence-electron chi connectivity index (χ2n) is 3.42. The Kier molecular flexibility index (Phi) is 2.73. The first-order valence-corrected chi connectivity index (χ1v) is 4.19. The predicted octanol–water partition coefficient (Wildman–Crippen LogP) is 2.15. The van der Waals surface area contributed by atoms with Crippen LogP contribution in [0, 0.1) is 0 Å². The molecule has 2 N–H and O–H groups in total. The summed E-state index contributed by atoms with van der Waals surface area (Å²) in [6, 6.07) is 1.47. The van der Waals surface area contributed by atoms with Crippen LogP contribution in [-0.2, 0) is 6.54 Å². The average Bonchev–Trinajstić information content (AvgIpc) is 2.27. The molecular formula is C8H12F3N3. The number of nitrogen functional groups attached to an aromatic ring is 1. The number of hydrogen-bond acceptors (Lipinski definition) is 2. The van der Waals surface area contributed by atoms with E-state index in [1.54, 1.807) is 13.8 Å². The Bertz CT molecular complexity index is 314. The number of anilines is 1. The minimum atomic E-state index is -4.26. The second kappa shape index (κ2) is 3.51. The van der Waals surface area contributed by atoms with Gasteiger partial charge in [-0.25, -0.2) is 0 Å². The van der Waals surface area contributed by atoms with Crippen molar-refractivity contribution in [2.24, 2.45) is 0 Å². The Hall–Kier alpha value is -1.20. The Balaban J connectivity index is 2.96. The van der Waals surface area contributed by atoms with Crippen molar-refractivity contribution in [1.29, 1.82) is 0 Å². The van der Waals surface area contributed by atoms with Crippen molar-refractivity contribution in [3.8, 4) is 0 Å². The van der Waals surface area contributed by atoms with Gasteiger partial charge < -0.3 is 5.73 Å². The molecule has 0 unspecified atom stereocenters. The molecule has 1 aromatic rings. The van der Waals surface area contributed by atoms with Gasteiger partial charge in [0.25, 0.3) is 0 Å². The molecule has 0 spiro atoms. The molecule has 14 heavy (non-hydrogen) atoms. The van der Waals surface area contributed by atoms with Crippen LogP contribution in [0.1, 0.15) is 25.5 Å². The molecule has 0 aromatic carbocycles. The molecule has 0 aliphatic rings. The van der Waals surface area contributed by atoms with E-state index in [1.807, 2.05) is 0 Å². The van der Waals surface area contributed by atoms with E-state index in [2.05, 4.69) is 5.10 Å². The summed E-state index contributed by atoms with van der Waals surface area (Å²) in [7, 11) is 0. The van der Waals surface area contributed by atoms with Crippen LogP contribution in [0.2, 0.25) is 0 Å². The van der Waals surface area contributed by atoms with Gasteiger partial charge in [0.1, 0.15) is 12.4 Å². The van der Waals surface area contributed by atoms with E-state index in [4.69, 9.17) is 5.73 Å². The number of rotatable bonds is 2. The number of nitrogens with two attached hydrogens (primary N) is 1. The summed E-state index contributed by atoms with van der Waals surface area (Å²) in [6.07, 6.45) is -4.26. The summed E-state index contributed by atoms with van der Waals surface area (Å²) in [6.45, 7) is 2.50. The van der Waals surface area contributed by atoms with Gasteiger partial charge in [-0.1, -0.05) is 13.8 Å². The molecule has 0 aliphatic heterocycles. The van der Waals surface area contributed by atoms with Gasteiger partial charge in [0.15, 0.2) is 0 Å². The quantitative estimate of drug-likeness (QED) is 0.807. The van der Waals surface area contributed by atoms with Crippen molar-refractivity contribution >= 4 is 5.82 Å². The lowest BCUT2D eigenvalue weighted by Crippen LogP contribution is -2.20. The van der Waals surface area contributed by atoms with Crippen LogP contribution in [0.25, 0.3) is 0 Å². The van der Waals surface area contributed by atoms with Crippen LogP contribution < -0.4 is 5.73 Å². The average molecular weight is 207 g/mol. The normalized spacial score (nSPS) is 12.4. The van der Waals surface area contributed by atoms with Gasteiger partial charge in [0.2, 0.25) is 0 Å². The lowest BCUT2D eigenvalue weighted by atomic mass is 10.1. The van der Waals surface area contributed by atoms with Crippen molar-refractivity contribution in [2.75, 3.05) is 5.73 Å². The Labute approximate surface area is 79.7 Å². The molecule has 1 aromatic heterocycles. The predicted molar refractivity (Wildman–Crippen MR) is 46.8 cm³/mol. The molecule has 3 nitrogen and oxygen atoms in total. The molecule has 0 amide bonds. The van der Waals surface area contributed by atoms with Gasteiger partial charge >= 0.3 is 6.18 Å². The van der Waals surface area contributed by atoms with Crippen LogP contribution in [0.3, 0.4) is 0 Å². The monoisotopic (exact) mass is 207 g/mol. The van der Waals surface area contributed by atoms with E-state index >= 15 is 0 Å². The zero-order chi connectivity index (χ0) is 10.9. The standard InChI is InChI=1S/C8H12F3N3/c1-5(2)6-3-7(12)13-14(6)4-8(9,10)11/h3,5H,4H2,1-2H3,(H2,12,13). The van der Waals surface area contributed by atoms with E-state index in [0.717, 1.165) is 4.68 Å². The van der Waals surface area contributed by atoms with Crippen molar-refractivity contribution < 1.29 is 13.2 Å². The van der Waals surface area contributed by atoms with E-state index in [0.29, 0.717) is 5.69 Å². The van der Waals surface area contributed by atoms with Gasteiger partial charge in [0, 0.05) is 11.8 Å². The lowest BCUT2D eigenvalue weighted by Gasteiger charge is -2.11. The van der Waals surface area contributed by atoms with Crippen LogP contribution in [-0.4, -0.2) is 16.0 Å². The fourth-order valence-electron chi connectivity index (χ4n) is 1.21. The largest absolute Gasteiger partial charge is 0.408 e. The fraction of sp³-hybridized carbons (Fsp3) is 0.625. The van der Waals surface area contributed by atoms with Crippen molar-refractivity contribution in [3.05, 3.63) is 11.8 Å². The SMILES string of the molecule is CC(C)c1cc(N)nn1CC(F)(F)F. The second-order valence-corrected chi connectivity index (χ2v) is 3.42. The van der Waals surface area contributed by atoms with Crippen LogP contribution in [0.4, 0.5) is 19.0 Å². The zero-order valence-electron chi connectivity index (χ0n) is 7.97. The molecule has 6 heteroatoms. The highest BCUT2D eigenvalue weighted by Gasteiger charge is 2.30. The third kappa shape index (κ3) is 2.65. The van der Waals surface area contributed by atoms with E-state index in [1.165, 1.54) is 6.07 Å². The molecule has 0 atom stereocenters. The summed E-state index contributed by atoms with van der Waals surface area (Å²) in [4.78, 5) is 0. The maximum absolute atomic E-state index is 12.1. The molecule has 0 aliphatic carbocycles. The topological polar surface area (TPSA) is 43.8 Å². The summed E-state index contributed by atoms with van der Waals surface area (Å²) >= 11 is 0. The third-order valence-corrected chi connectivity index (χ3v) is 1.75. The minimum Gasteiger partial charge on any atom is -0.382 e. The molecule has 0 saturated heterocycles. The van der Waals surface area contributed by atoms with Gasteiger partial charge in [-0.3, -0.25) is 4.68 Å². The molecule has 0 fully saturated rings. The third-order valence-electron chi connectivity index (χ3n) is 1.75. The van der Waals surface area contributed by atoms with Crippen molar-refractivity contribution in [3.63, 3.8) is 0 Å². The number of alkyl halides is 3. The molecule has 80 valence electrons. The number of aromatic nitrogens is 2. The fourth-order valence-corrected chi connectivity index (χ4v) is 1.21. The van der Waals surface area contributed by atoms with Crippen LogP contribution >= 0.6 is 0 Å². The van der Waals surface area contributed by atoms with Crippen molar-refractivity contribution in [2.45, 2.75) is 32.5 Å². The minimum absolute atomic E-state index is 0.0258. The van der Waals surface area contributed by atoms with Crippen LogP contribution in [0.15, 0.2) is 6.07 Å². The highest BCUT2D eigenvalue weighted by atomic mass is 19.4. The maximum Gasteiger partial charge on any atom is 0.408 e. The number of nitrogens with zero attached hydrogens (tertiary/aromatic N) is 2. The Morgan fingerprint density at radius 3 is 2.50 bits per heavy atom. The van der Waals surface area contributed by atoms with Crippen LogP contribution in [0.5, 0.6) is 0 Å². The molecule has 0 bridgehead atoms. The molecule has 1 heterocycles. The molecular weight excluding hydrogens is 195 g/mol. The molecule has 1 rings (SSSR count). The summed E-state index contributed by atoms with van der Waals surface area (Å²) in [5.74, 6) is 0.0973. The molecule has 0 saturated carbocycles. The van der Waals surface area contributed by atoms with Gasteiger partial charge in [-0.15, -0.1) is 0 Å². The number of halogens is 3. The van der Waals surface area contributed by atoms with Gasteiger partial charge in [-0.2, -0.15) is 18.3 Å². The molecule has 0 radical (unpaired) electrons. The van der Waals surface area contributed by atoms with Gasteiger partial charge in [-0.05, 0) is 5.92 Å². The highest BCUT2D eigenvalue weighted by molar-refractivity contribution is 5.30. The first kappa shape index (κ1) is 10.9. The highest BCUT2D eigenvalue weighted by Crippen LogP contribution is 2.22. The first-order chi connectivity index (χ1) is 6.29. The lowest BCUT2D eigenvalue weighted by molar-refractivity contribution is -0.143. The summed E-state index contributed by atoms with van der Waals surface area (Å²) < 4.78 is 37.2. The Morgan fingerprint density at radius 2 is 2.07 bits per heavy atom. The number of hydrogen-bond donors (Lipinski definition) is 1. The smallest absolute Gasteiger partial charge is 0.382 e. The first-order valence-electron chi connectivity index (χ1n) is 4.19. The van der Waals surface area contributed by atoms with Gasteiger partial charge in [0.05, 0.1) is 0 Å². The zero-order valence-corrected chi connectivity index (χ0v) is 7.97.